The Morgan fingerprint density at radius 1 is 1.15 bits per heavy atom. The number of fused-ring (bicyclic) bond motifs is 1. The molecule has 0 aromatic heterocycles. The average Bonchev–Trinajstić information content (AvgIpc) is 3.33. The van der Waals surface area contributed by atoms with E-state index in [-0.39, 0.29) is 11.0 Å². The average molecular weight is 278 g/mol. The minimum Gasteiger partial charge on any atom is -0.377 e. The van der Waals surface area contributed by atoms with E-state index in [1.807, 2.05) is 0 Å². The van der Waals surface area contributed by atoms with Crippen LogP contribution in [0.1, 0.15) is 46.0 Å². The fourth-order valence-electron chi connectivity index (χ4n) is 5.05. The molecule has 0 amide bonds. The van der Waals surface area contributed by atoms with Crippen molar-refractivity contribution in [3.05, 3.63) is 0 Å². The maximum absolute atomic E-state index is 6.79. The summed E-state index contributed by atoms with van der Waals surface area (Å²) in [5, 5.41) is 3.76. The van der Waals surface area contributed by atoms with Gasteiger partial charge in [-0.15, -0.1) is 0 Å². The normalized spacial score (nSPS) is 42.6. The number of rotatable bonds is 6. The number of hydrogen-bond acceptors (Lipinski definition) is 3. The second kappa shape index (κ2) is 4.44. The Labute approximate surface area is 123 Å². The highest BCUT2D eigenvalue weighted by molar-refractivity contribution is 5.21. The second-order valence-electron chi connectivity index (χ2n) is 8.42. The van der Waals surface area contributed by atoms with E-state index < -0.39 is 0 Å². The van der Waals surface area contributed by atoms with Crippen LogP contribution in [0.3, 0.4) is 0 Å². The summed E-state index contributed by atoms with van der Waals surface area (Å²) in [7, 11) is 0. The van der Waals surface area contributed by atoms with Crippen LogP contribution < -0.4 is 11.1 Å². The summed E-state index contributed by atoms with van der Waals surface area (Å²) in [6.07, 6.45) is 7.45. The van der Waals surface area contributed by atoms with E-state index in [0.717, 1.165) is 37.3 Å². The molecule has 114 valence electrons. The van der Waals surface area contributed by atoms with Gasteiger partial charge in [0.1, 0.15) is 0 Å². The van der Waals surface area contributed by atoms with Gasteiger partial charge in [0.2, 0.25) is 0 Å². The predicted molar refractivity (Wildman–Crippen MR) is 80.4 cm³/mol. The summed E-state index contributed by atoms with van der Waals surface area (Å²) in [4.78, 5) is 0. The summed E-state index contributed by atoms with van der Waals surface area (Å²) in [6.45, 7) is 7.66. The summed E-state index contributed by atoms with van der Waals surface area (Å²) in [5.74, 6) is 3.57. The number of hydrogen-bond donors (Lipinski definition) is 2. The molecule has 0 aromatic carbocycles. The smallest absolute Gasteiger partial charge is 0.0691 e. The van der Waals surface area contributed by atoms with Crippen LogP contribution >= 0.6 is 0 Å². The lowest BCUT2D eigenvalue weighted by molar-refractivity contribution is -0.153. The van der Waals surface area contributed by atoms with E-state index >= 15 is 0 Å². The SMILES string of the molecule is CC1(C)C2OCCC2C1(N)CNCC(C1CC1)C1CC1. The highest BCUT2D eigenvalue weighted by Crippen LogP contribution is 2.58. The topological polar surface area (TPSA) is 47.3 Å². The molecule has 3 saturated carbocycles. The molecule has 3 unspecified atom stereocenters. The quantitative estimate of drug-likeness (QED) is 0.782. The first kappa shape index (κ1) is 13.5. The van der Waals surface area contributed by atoms with E-state index in [1.54, 1.807) is 0 Å². The molecule has 3 atom stereocenters. The Bertz CT molecular complexity index is 376. The largest absolute Gasteiger partial charge is 0.377 e. The van der Waals surface area contributed by atoms with Gasteiger partial charge in [-0.2, -0.15) is 0 Å². The molecule has 3 heteroatoms. The first-order chi connectivity index (χ1) is 9.54. The highest BCUT2D eigenvalue weighted by Gasteiger charge is 2.67. The van der Waals surface area contributed by atoms with Crippen LogP contribution in [0.5, 0.6) is 0 Å². The fraction of sp³-hybridized carbons (Fsp3) is 1.00. The Morgan fingerprint density at radius 2 is 1.80 bits per heavy atom. The molecule has 4 aliphatic rings. The van der Waals surface area contributed by atoms with Crippen molar-refractivity contribution in [1.82, 2.24) is 5.32 Å². The lowest BCUT2D eigenvalue weighted by Crippen LogP contribution is -2.78. The fourth-order valence-corrected chi connectivity index (χ4v) is 5.05. The minimum atomic E-state index is -0.0637. The van der Waals surface area contributed by atoms with Gasteiger partial charge in [0.25, 0.3) is 0 Å². The van der Waals surface area contributed by atoms with Gasteiger partial charge in [0, 0.05) is 30.0 Å². The molecule has 4 fully saturated rings. The Balaban J connectivity index is 1.34. The van der Waals surface area contributed by atoms with Crippen LogP contribution in [-0.2, 0) is 4.74 Å². The van der Waals surface area contributed by atoms with Crippen molar-refractivity contribution in [2.75, 3.05) is 19.7 Å². The van der Waals surface area contributed by atoms with E-state index in [1.165, 1.54) is 32.2 Å². The third-order valence-electron chi connectivity index (χ3n) is 6.92. The Hall–Kier alpha value is -0.120. The maximum atomic E-state index is 6.79. The second-order valence-corrected chi connectivity index (χ2v) is 8.42. The molecule has 1 aliphatic heterocycles. The van der Waals surface area contributed by atoms with Crippen molar-refractivity contribution < 1.29 is 4.74 Å². The molecule has 3 N–H and O–H groups in total. The first-order valence-electron chi connectivity index (χ1n) is 8.65. The Kier molecular flexibility index (Phi) is 3.00. The lowest BCUT2D eigenvalue weighted by atomic mass is 9.48. The van der Waals surface area contributed by atoms with Crippen molar-refractivity contribution in [3.8, 4) is 0 Å². The van der Waals surface area contributed by atoms with Gasteiger partial charge in [-0.05, 0) is 56.4 Å². The predicted octanol–water partition coefficient (Wildman–Crippen LogP) is 2.15. The summed E-state index contributed by atoms with van der Waals surface area (Å²) in [5.41, 5.74) is 6.85. The summed E-state index contributed by atoms with van der Waals surface area (Å²) in [6, 6.07) is 0. The molecule has 0 spiro atoms. The zero-order valence-electron chi connectivity index (χ0n) is 13.0. The molecule has 1 heterocycles. The van der Waals surface area contributed by atoms with Gasteiger partial charge in [0.15, 0.2) is 0 Å². The van der Waals surface area contributed by atoms with Crippen molar-refractivity contribution in [3.63, 3.8) is 0 Å². The molecule has 20 heavy (non-hydrogen) atoms. The third kappa shape index (κ3) is 1.89. The van der Waals surface area contributed by atoms with Crippen LogP contribution in [0.15, 0.2) is 0 Å². The van der Waals surface area contributed by atoms with E-state index in [9.17, 15) is 0 Å². The molecular formula is C17H30N2O. The zero-order valence-corrected chi connectivity index (χ0v) is 13.0. The molecule has 0 bridgehead atoms. The van der Waals surface area contributed by atoms with Crippen LogP contribution in [0.4, 0.5) is 0 Å². The minimum absolute atomic E-state index is 0.0637. The van der Waals surface area contributed by atoms with Gasteiger partial charge in [-0.25, -0.2) is 0 Å². The monoisotopic (exact) mass is 278 g/mol. The molecular weight excluding hydrogens is 248 g/mol. The van der Waals surface area contributed by atoms with Gasteiger partial charge < -0.3 is 15.8 Å². The highest BCUT2D eigenvalue weighted by atomic mass is 16.5. The Morgan fingerprint density at radius 3 is 2.40 bits per heavy atom. The van der Waals surface area contributed by atoms with Gasteiger partial charge in [0.05, 0.1) is 6.10 Å². The molecule has 0 radical (unpaired) electrons. The van der Waals surface area contributed by atoms with Crippen LogP contribution in [0, 0.1) is 29.1 Å². The van der Waals surface area contributed by atoms with E-state index in [4.69, 9.17) is 10.5 Å². The number of ether oxygens (including phenoxy) is 1. The van der Waals surface area contributed by atoms with E-state index in [2.05, 4.69) is 19.2 Å². The van der Waals surface area contributed by atoms with Crippen molar-refractivity contribution in [2.45, 2.75) is 57.6 Å². The number of nitrogens with two attached hydrogens (primary N) is 1. The summed E-state index contributed by atoms with van der Waals surface area (Å²) >= 11 is 0. The van der Waals surface area contributed by atoms with Gasteiger partial charge in [-0.3, -0.25) is 0 Å². The van der Waals surface area contributed by atoms with Crippen molar-refractivity contribution in [1.29, 1.82) is 0 Å². The molecule has 4 rings (SSSR count). The number of nitrogens with one attached hydrogen (secondary N) is 1. The van der Waals surface area contributed by atoms with Crippen LogP contribution in [-0.4, -0.2) is 31.3 Å². The van der Waals surface area contributed by atoms with Gasteiger partial charge >= 0.3 is 0 Å². The molecule has 3 aliphatic carbocycles. The third-order valence-corrected chi connectivity index (χ3v) is 6.92. The van der Waals surface area contributed by atoms with Crippen LogP contribution in [0.2, 0.25) is 0 Å². The van der Waals surface area contributed by atoms with Gasteiger partial charge in [-0.1, -0.05) is 13.8 Å². The standard InChI is InChI=1S/C17H30N2O/c1-16(2)15-14(7-8-20-15)17(16,18)10-19-9-13(11-3-4-11)12-5-6-12/h11-15,19H,3-10,18H2,1-2H3. The molecule has 0 aromatic rings. The maximum Gasteiger partial charge on any atom is 0.0691 e. The zero-order chi connectivity index (χ0) is 14.0. The van der Waals surface area contributed by atoms with Crippen molar-refractivity contribution >= 4 is 0 Å². The van der Waals surface area contributed by atoms with E-state index in [0.29, 0.717) is 12.0 Å². The summed E-state index contributed by atoms with van der Waals surface area (Å²) < 4.78 is 5.88. The van der Waals surface area contributed by atoms with Crippen molar-refractivity contribution in [2.24, 2.45) is 34.8 Å². The molecule has 3 nitrogen and oxygen atoms in total. The first-order valence-corrected chi connectivity index (χ1v) is 8.65. The lowest BCUT2D eigenvalue weighted by Gasteiger charge is -2.62. The van der Waals surface area contributed by atoms with Crippen LogP contribution in [0.25, 0.3) is 0 Å². The molecule has 1 saturated heterocycles.